The normalized spacial score (nSPS) is 10.7. The molecule has 4 heteroatoms. The van der Waals surface area contributed by atoms with Crippen LogP contribution in [0.4, 0.5) is 0 Å². The summed E-state index contributed by atoms with van der Waals surface area (Å²) in [5.41, 5.74) is 4.00. The van der Waals surface area contributed by atoms with Crippen LogP contribution in [0.2, 0.25) is 0 Å². The Morgan fingerprint density at radius 1 is 0.880 bits per heavy atom. The first-order chi connectivity index (χ1) is 12.2. The molecular weight excluding hydrogens is 314 g/mol. The number of nitrogens with zero attached hydrogens (tertiary/aromatic N) is 1. The third-order valence-electron chi connectivity index (χ3n) is 3.75. The highest BCUT2D eigenvalue weighted by molar-refractivity contribution is 5.98. The SMILES string of the molecule is O=C(O)c1ccccc1/C=N/OCc1ccc(-c2ccccc2)cc1. The number of hydrogen-bond acceptors (Lipinski definition) is 3. The molecule has 124 valence electrons. The zero-order chi connectivity index (χ0) is 17.5. The van der Waals surface area contributed by atoms with Gasteiger partial charge in [-0.25, -0.2) is 4.79 Å². The van der Waals surface area contributed by atoms with Crippen LogP contribution in [0.3, 0.4) is 0 Å². The molecule has 4 nitrogen and oxygen atoms in total. The van der Waals surface area contributed by atoms with E-state index in [4.69, 9.17) is 9.94 Å². The summed E-state index contributed by atoms with van der Waals surface area (Å²) >= 11 is 0. The van der Waals surface area contributed by atoms with E-state index in [0.717, 1.165) is 11.1 Å². The minimum Gasteiger partial charge on any atom is -0.478 e. The van der Waals surface area contributed by atoms with E-state index in [1.54, 1.807) is 18.2 Å². The molecule has 0 aromatic heterocycles. The maximum absolute atomic E-state index is 11.1. The molecule has 0 saturated carbocycles. The topological polar surface area (TPSA) is 58.9 Å². The van der Waals surface area contributed by atoms with Gasteiger partial charge in [0.25, 0.3) is 0 Å². The van der Waals surface area contributed by atoms with Crippen molar-refractivity contribution in [2.24, 2.45) is 5.16 Å². The van der Waals surface area contributed by atoms with Crippen molar-refractivity contribution in [3.63, 3.8) is 0 Å². The minimum atomic E-state index is -0.987. The van der Waals surface area contributed by atoms with E-state index in [-0.39, 0.29) is 5.56 Å². The third-order valence-corrected chi connectivity index (χ3v) is 3.75. The van der Waals surface area contributed by atoms with E-state index in [0.29, 0.717) is 12.2 Å². The molecule has 25 heavy (non-hydrogen) atoms. The van der Waals surface area contributed by atoms with Gasteiger partial charge in [-0.2, -0.15) is 0 Å². The van der Waals surface area contributed by atoms with Gasteiger partial charge in [0, 0.05) is 5.56 Å². The molecular formula is C21H17NO3. The van der Waals surface area contributed by atoms with Gasteiger partial charge in [0.15, 0.2) is 0 Å². The van der Waals surface area contributed by atoms with Gasteiger partial charge >= 0.3 is 5.97 Å². The molecule has 3 aromatic carbocycles. The number of rotatable bonds is 6. The molecule has 0 radical (unpaired) electrons. The van der Waals surface area contributed by atoms with Crippen molar-refractivity contribution in [2.45, 2.75) is 6.61 Å². The Bertz CT molecular complexity index is 871. The standard InChI is InChI=1S/C21H17NO3/c23-21(24)20-9-5-4-8-19(20)14-22-25-15-16-10-12-18(13-11-16)17-6-2-1-3-7-17/h1-14H,15H2,(H,23,24)/b22-14+. The molecule has 0 aliphatic heterocycles. The second kappa shape index (κ2) is 7.93. The first-order valence-electron chi connectivity index (χ1n) is 7.86. The molecule has 0 aliphatic carbocycles. The summed E-state index contributed by atoms with van der Waals surface area (Å²) in [7, 11) is 0. The van der Waals surface area contributed by atoms with Crippen molar-refractivity contribution in [3.8, 4) is 11.1 Å². The van der Waals surface area contributed by atoms with Gasteiger partial charge in [-0.15, -0.1) is 0 Å². The van der Waals surface area contributed by atoms with Crippen LogP contribution in [-0.4, -0.2) is 17.3 Å². The van der Waals surface area contributed by atoms with E-state index in [9.17, 15) is 4.79 Å². The first-order valence-corrected chi connectivity index (χ1v) is 7.86. The van der Waals surface area contributed by atoms with Crippen LogP contribution in [0.5, 0.6) is 0 Å². The van der Waals surface area contributed by atoms with E-state index >= 15 is 0 Å². The van der Waals surface area contributed by atoms with E-state index in [1.807, 2.05) is 42.5 Å². The minimum absolute atomic E-state index is 0.196. The molecule has 3 aromatic rings. The van der Waals surface area contributed by atoms with Gasteiger partial charge < -0.3 is 9.94 Å². The average molecular weight is 331 g/mol. The first kappa shape index (κ1) is 16.5. The number of aromatic carboxylic acids is 1. The highest BCUT2D eigenvalue weighted by atomic mass is 16.6. The van der Waals surface area contributed by atoms with Crippen molar-refractivity contribution in [1.29, 1.82) is 0 Å². The molecule has 0 aliphatic rings. The number of benzene rings is 3. The second-order valence-corrected chi connectivity index (χ2v) is 5.46. The summed E-state index contributed by atoms with van der Waals surface area (Å²) in [5.74, 6) is -0.987. The molecule has 0 unspecified atom stereocenters. The largest absolute Gasteiger partial charge is 0.478 e. The summed E-state index contributed by atoms with van der Waals surface area (Å²) in [6.07, 6.45) is 1.42. The summed E-state index contributed by atoms with van der Waals surface area (Å²) in [6, 6.07) is 24.9. The maximum Gasteiger partial charge on any atom is 0.336 e. The molecule has 1 N–H and O–H groups in total. The van der Waals surface area contributed by atoms with Crippen LogP contribution in [-0.2, 0) is 11.4 Å². The fourth-order valence-corrected chi connectivity index (χ4v) is 2.43. The summed E-state index contributed by atoms with van der Waals surface area (Å²) in [4.78, 5) is 16.4. The zero-order valence-electron chi connectivity index (χ0n) is 13.5. The van der Waals surface area contributed by atoms with Gasteiger partial charge in [0.05, 0.1) is 11.8 Å². The van der Waals surface area contributed by atoms with Gasteiger partial charge in [-0.3, -0.25) is 0 Å². The van der Waals surface area contributed by atoms with Crippen molar-refractivity contribution >= 4 is 12.2 Å². The molecule has 0 saturated heterocycles. The van der Waals surface area contributed by atoms with Crippen LogP contribution in [0.1, 0.15) is 21.5 Å². The number of carbonyl (C=O) groups is 1. The lowest BCUT2D eigenvalue weighted by molar-refractivity contribution is 0.0696. The molecule has 0 heterocycles. The van der Waals surface area contributed by atoms with E-state index in [1.165, 1.54) is 17.8 Å². The highest BCUT2D eigenvalue weighted by Crippen LogP contribution is 2.19. The summed E-state index contributed by atoms with van der Waals surface area (Å²) in [6.45, 7) is 0.320. The zero-order valence-corrected chi connectivity index (χ0v) is 13.5. The Morgan fingerprint density at radius 3 is 2.24 bits per heavy atom. The average Bonchev–Trinajstić information content (AvgIpc) is 2.66. The number of carboxylic acid groups (broad SMARTS) is 1. The molecule has 0 spiro atoms. The van der Waals surface area contributed by atoms with Crippen LogP contribution in [0, 0.1) is 0 Å². The fourth-order valence-electron chi connectivity index (χ4n) is 2.43. The van der Waals surface area contributed by atoms with Crippen LogP contribution >= 0.6 is 0 Å². The fraction of sp³-hybridized carbons (Fsp3) is 0.0476. The summed E-state index contributed by atoms with van der Waals surface area (Å²) < 4.78 is 0. The summed E-state index contributed by atoms with van der Waals surface area (Å²) in [5, 5.41) is 13.0. The van der Waals surface area contributed by atoms with E-state index in [2.05, 4.69) is 17.3 Å². The lowest BCUT2D eigenvalue weighted by atomic mass is 10.0. The predicted molar refractivity (Wildman–Crippen MR) is 97.7 cm³/mol. The number of oxime groups is 1. The van der Waals surface area contributed by atoms with Crippen molar-refractivity contribution in [3.05, 3.63) is 95.6 Å². The van der Waals surface area contributed by atoms with Gasteiger partial charge in [0.1, 0.15) is 6.61 Å². The Hall–Kier alpha value is -3.40. The highest BCUT2D eigenvalue weighted by Gasteiger charge is 2.06. The Balaban J connectivity index is 1.60. The van der Waals surface area contributed by atoms with Gasteiger partial charge in [0.2, 0.25) is 0 Å². The van der Waals surface area contributed by atoms with Crippen LogP contribution in [0.15, 0.2) is 84.0 Å². The van der Waals surface area contributed by atoms with Crippen molar-refractivity contribution in [2.75, 3.05) is 0 Å². The van der Waals surface area contributed by atoms with E-state index < -0.39 is 5.97 Å². The Labute approximate surface area is 146 Å². The monoisotopic (exact) mass is 331 g/mol. The molecule has 0 atom stereocenters. The molecule has 3 rings (SSSR count). The third kappa shape index (κ3) is 4.32. The van der Waals surface area contributed by atoms with Crippen LogP contribution in [0.25, 0.3) is 11.1 Å². The van der Waals surface area contributed by atoms with Crippen molar-refractivity contribution in [1.82, 2.24) is 0 Å². The number of hydrogen-bond donors (Lipinski definition) is 1. The van der Waals surface area contributed by atoms with Gasteiger partial charge in [-0.1, -0.05) is 78.0 Å². The Kier molecular flexibility index (Phi) is 5.22. The predicted octanol–water partition coefficient (Wildman–Crippen LogP) is 4.60. The molecule has 0 fully saturated rings. The second-order valence-electron chi connectivity index (χ2n) is 5.46. The smallest absolute Gasteiger partial charge is 0.336 e. The maximum atomic E-state index is 11.1. The van der Waals surface area contributed by atoms with Crippen molar-refractivity contribution < 1.29 is 14.7 Å². The van der Waals surface area contributed by atoms with Crippen LogP contribution < -0.4 is 0 Å². The quantitative estimate of drug-likeness (QED) is 0.530. The van der Waals surface area contributed by atoms with Gasteiger partial charge in [-0.05, 0) is 22.8 Å². The lowest BCUT2D eigenvalue weighted by Gasteiger charge is -2.04. The molecule has 0 amide bonds. The Morgan fingerprint density at radius 2 is 1.52 bits per heavy atom. The lowest BCUT2D eigenvalue weighted by Crippen LogP contribution is -2.01. The number of carboxylic acids is 1. The molecule has 0 bridgehead atoms.